The second kappa shape index (κ2) is 6.89. The van der Waals surface area contributed by atoms with Crippen molar-refractivity contribution in [2.24, 2.45) is 0 Å². The second-order valence-electron chi connectivity index (χ2n) is 4.69. The molecular weight excluding hydrogens is 335 g/mol. The summed E-state index contributed by atoms with van der Waals surface area (Å²) in [6.45, 7) is 0. The van der Waals surface area contributed by atoms with Crippen molar-refractivity contribution >= 4 is 33.7 Å². The minimum atomic E-state index is -0.443. The van der Waals surface area contributed by atoms with Crippen LogP contribution in [0.5, 0.6) is 5.75 Å². The molecule has 2 heterocycles. The first kappa shape index (κ1) is 15.6. The van der Waals surface area contributed by atoms with Crippen LogP contribution in [0.3, 0.4) is 0 Å². The summed E-state index contributed by atoms with van der Waals surface area (Å²) in [5.41, 5.74) is 1.25. The van der Waals surface area contributed by atoms with Gasteiger partial charge in [0.15, 0.2) is 16.7 Å². The number of thiazole rings is 1. The zero-order valence-corrected chi connectivity index (χ0v) is 13.8. The van der Waals surface area contributed by atoms with E-state index in [1.54, 1.807) is 17.5 Å². The number of thiophene rings is 1. The van der Waals surface area contributed by atoms with Gasteiger partial charge in [-0.1, -0.05) is 6.07 Å². The van der Waals surface area contributed by atoms with Gasteiger partial charge in [0.05, 0.1) is 19.2 Å². The standard InChI is InChI=1S/C16H13FN2O2S2/c1-21-14-5-4-10(7-12(14)17)13-9-23-16(18-13)19-15(20)8-11-3-2-6-22-11/h2-7,9H,8H2,1H3,(H,18,19,20). The van der Waals surface area contributed by atoms with E-state index in [4.69, 9.17) is 4.74 Å². The Balaban J connectivity index is 1.70. The van der Waals surface area contributed by atoms with Gasteiger partial charge in [0.1, 0.15) is 0 Å². The zero-order valence-electron chi connectivity index (χ0n) is 12.2. The Morgan fingerprint density at radius 1 is 1.35 bits per heavy atom. The number of halogens is 1. The van der Waals surface area contributed by atoms with E-state index in [2.05, 4.69) is 10.3 Å². The van der Waals surface area contributed by atoms with Gasteiger partial charge in [0, 0.05) is 15.8 Å². The largest absolute Gasteiger partial charge is 0.494 e. The molecule has 0 saturated heterocycles. The van der Waals surface area contributed by atoms with E-state index in [0.717, 1.165) is 4.88 Å². The van der Waals surface area contributed by atoms with Crippen LogP contribution in [0.4, 0.5) is 9.52 Å². The number of benzene rings is 1. The van der Waals surface area contributed by atoms with Crippen molar-refractivity contribution < 1.29 is 13.9 Å². The molecule has 0 aliphatic carbocycles. The summed E-state index contributed by atoms with van der Waals surface area (Å²) in [5.74, 6) is -0.371. The molecule has 2 aromatic heterocycles. The van der Waals surface area contributed by atoms with Crippen LogP contribution >= 0.6 is 22.7 Å². The van der Waals surface area contributed by atoms with Crippen LogP contribution < -0.4 is 10.1 Å². The van der Waals surface area contributed by atoms with Gasteiger partial charge in [-0.3, -0.25) is 4.79 Å². The second-order valence-corrected chi connectivity index (χ2v) is 6.58. The molecule has 4 nitrogen and oxygen atoms in total. The van der Waals surface area contributed by atoms with Gasteiger partial charge in [-0.25, -0.2) is 9.37 Å². The number of rotatable bonds is 5. The number of amides is 1. The first-order valence-electron chi connectivity index (χ1n) is 6.77. The fraction of sp³-hybridized carbons (Fsp3) is 0.125. The third-order valence-corrected chi connectivity index (χ3v) is 4.75. The molecule has 1 aromatic carbocycles. The molecule has 1 amide bonds. The van der Waals surface area contributed by atoms with Gasteiger partial charge in [-0.2, -0.15) is 0 Å². The van der Waals surface area contributed by atoms with Gasteiger partial charge >= 0.3 is 0 Å². The topological polar surface area (TPSA) is 51.2 Å². The number of nitrogens with zero attached hydrogens (tertiary/aromatic N) is 1. The molecular formula is C16H13FN2O2S2. The van der Waals surface area contributed by atoms with Crippen LogP contribution in [0.25, 0.3) is 11.3 Å². The van der Waals surface area contributed by atoms with E-state index in [1.807, 2.05) is 17.5 Å². The van der Waals surface area contributed by atoms with Crippen LogP contribution in [-0.2, 0) is 11.2 Å². The van der Waals surface area contributed by atoms with Crippen LogP contribution in [0.2, 0.25) is 0 Å². The lowest BCUT2D eigenvalue weighted by molar-refractivity contribution is -0.115. The highest BCUT2D eigenvalue weighted by atomic mass is 32.1. The van der Waals surface area contributed by atoms with E-state index in [1.165, 1.54) is 35.8 Å². The molecule has 3 rings (SSSR count). The maximum atomic E-state index is 13.7. The number of aromatic nitrogens is 1. The quantitative estimate of drug-likeness (QED) is 0.752. The molecule has 0 unspecified atom stereocenters. The molecule has 0 bridgehead atoms. The lowest BCUT2D eigenvalue weighted by atomic mass is 10.1. The summed E-state index contributed by atoms with van der Waals surface area (Å²) >= 11 is 2.85. The third kappa shape index (κ3) is 3.75. The molecule has 3 aromatic rings. The van der Waals surface area contributed by atoms with Crippen molar-refractivity contribution in [2.45, 2.75) is 6.42 Å². The number of hydrogen-bond acceptors (Lipinski definition) is 5. The number of carbonyl (C=O) groups is 1. The fourth-order valence-corrected chi connectivity index (χ4v) is 3.46. The molecule has 0 spiro atoms. The SMILES string of the molecule is COc1ccc(-c2csc(NC(=O)Cc3cccs3)n2)cc1F. The summed E-state index contributed by atoms with van der Waals surface area (Å²) < 4.78 is 18.6. The Kier molecular flexibility index (Phi) is 4.68. The zero-order chi connectivity index (χ0) is 16.2. The lowest BCUT2D eigenvalue weighted by Gasteiger charge is -2.03. The summed E-state index contributed by atoms with van der Waals surface area (Å²) in [6.07, 6.45) is 0.323. The van der Waals surface area contributed by atoms with Gasteiger partial charge < -0.3 is 10.1 Å². The molecule has 1 N–H and O–H groups in total. The van der Waals surface area contributed by atoms with Gasteiger partial charge in [-0.05, 0) is 29.6 Å². The number of methoxy groups -OCH3 is 1. The van der Waals surface area contributed by atoms with Crippen LogP contribution in [0, 0.1) is 5.82 Å². The summed E-state index contributed by atoms with van der Waals surface area (Å²) in [6, 6.07) is 8.48. The maximum Gasteiger partial charge on any atom is 0.231 e. The summed E-state index contributed by atoms with van der Waals surface area (Å²) in [4.78, 5) is 17.3. The van der Waals surface area contributed by atoms with Crippen LogP contribution in [0.15, 0.2) is 41.1 Å². The average Bonchev–Trinajstić information content (AvgIpc) is 3.19. The first-order chi connectivity index (χ1) is 11.2. The Morgan fingerprint density at radius 2 is 2.22 bits per heavy atom. The molecule has 23 heavy (non-hydrogen) atoms. The molecule has 118 valence electrons. The lowest BCUT2D eigenvalue weighted by Crippen LogP contribution is -2.13. The number of anilines is 1. The highest BCUT2D eigenvalue weighted by Crippen LogP contribution is 2.28. The third-order valence-electron chi connectivity index (χ3n) is 3.11. The van der Waals surface area contributed by atoms with Crippen LogP contribution in [0.1, 0.15) is 4.88 Å². The number of hydrogen-bond donors (Lipinski definition) is 1. The highest BCUT2D eigenvalue weighted by molar-refractivity contribution is 7.14. The summed E-state index contributed by atoms with van der Waals surface area (Å²) in [5, 5.41) is 6.97. The Labute approximate surface area is 140 Å². The molecule has 0 atom stereocenters. The van der Waals surface area contributed by atoms with Crippen LogP contribution in [-0.4, -0.2) is 18.0 Å². The molecule has 0 fully saturated rings. The maximum absolute atomic E-state index is 13.7. The molecule has 7 heteroatoms. The van der Waals surface area contributed by atoms with Crippen molar-refractivity contribution in [3.8, 4) is 17.0 Å². The molecule has 0 radical (unpaired) electrons. The van der Waals surface area contributed by atoms with Crippen molar-refractivity contribution in [1.29, 1.82) is 0 Å². The molecule has 0 aliphatic rings. The van der Waals surface area contributed by atoms with Crippen molar-refractivity contribution in [1.82, 2.24) is 4.98 Å². The normalized spacial score (nSPS) is 10.5. The minimum absolute atomic E-state index is 0.116. The van der Waals surface area contributed by atoms with Crippen molar-refractivity contribution in [3.63, 3.8) is 0 Å². The smallest absolute Gasteiger partial charge is 0.231 e. The van der Waals surface area contributed by atoms with E-state index < -0.39 is 5.82 Å². The average molecular weight is 348 g/mol. The molecule has 0 aliphatic heterocycles. The van der Waals surface area contributed by atoms with E-state index >= 15 is 0 Å². The van der Waals surface area contributed by atoms with E-state index in [0.29, 0.717) is 22.8 Å². The Hall–Kier alpha value is -2.25. The fourth-order valence-electron chi connectivity index (χ4n) is 2.02. The van der Waals surface area contributed by atoms with Gasteiger partial charge in [0.25, 0.3) is 0 Å². The Bertz CT molecular complexity index is 815. The minimum Gasteiger partial charge on any atom is -0.494 e. The van der Waals surface area contributed by atoms with E-state index in [-0.39, 0.29) is 11.7 Å². The predicted octanol–water partition coefficient (Wildman–Crippen LogP) is 4.20. The predicted molar refractivity (Wildman–Crippen MR) is 90.7 cm³/mol. The molecule has 0 saturated carbocycles. The number of carbonyl (C=O) groups excluding carboxylic acids is 1. The number of nitrogens with one attached hydrogen (secondary N) is 1. The van der Waals surface area contributed by atoms with Gasteiger partial charge in [0.2, 0.25) is 5.91 Å². The van der Waals surface area contributed by atoms with Gasteiger partial charge in [-0.15, -0.1) is 22.7 Å². The highest BCUT2D eigenvalue weighted by Gasteiger charge is 2.11. The van der Waals surface area contributed by atoms with E-state index in [9.17, 15) is 9.18 Å². The first-order valence-corrected chi connectivity index (χ1v) is 8.53. The Morgan fingerprint density at radius 3 is 2.91 bits per heavy atom. The van der Waals surface area contributed by atoms with Crippen molar-refractivity contribution in [3.05, 3.63) is 51.8 Å². The summed E-state index contributed by atoms with van der Waals surface area (Å²) in [7, 11) is 1.42. The monoisotopic (exact) mass is 348 g/mol. The number of ether oxygens (including phenoxy) is 1. The van der Waals surface area contributed by atoms with Crippen molar-refractivity contribution in [2.75, 3.05) is 12.4 Å².